The Hall–Kier alpha value is -0.280. The molecular formula is C13H25ClN2O. The Kier molecular flexibility index (Phi) is 5.74. The van der Waals surface area contributed by atoms with Crippen LogP contribution >= 0.6 is 12.4 Å². The molecule has 2 aliphatic heterocycles. The smallest absolute Gasteiger partial charge is 0.224 e. The number of hydrogen-bond acceptors (Lipinski definition) is 2. The van der Waals surface area contributed by atoms with Gasteiger partial charge in [-0.1, -0.05) is 6.92 Å². The van der Waals surface area contributed by atoms with E-state index in [9.17, 15) is 4.79 Å². The minimum atomic E-state index is 0. The fraction of sp³-hybridized carbons (Fsp3) is 0.923. The predicted molar refractivity (Wildman–Crippen MR) is 72.5 cm³/mol. The van der Waals surface area contributed by atoms with E-state index in [4.69, 9.17) is 0 Å². The molecular weight excluding hydrogens is 236 g/mol. The molecule has 0 spiro atoms. The van der Waals surface area contributed by atoms with Crippen LogP contribution in [0.15, 0.2) is 0 Å². The molecule has 3 atom stereocenters. The molecule has 2 aliphatic rings. The molecule has 3 unspecified atom stereocenters. The quantitative estimate of drug-likeness (QED) is 0.845. The van der Waals surface area contributed by atoms with Crippen molar-refractivity contribution in [2.75, 3.05) is 6.54 Å². The van der Waals surface area contributed by atoms with Crippen LogP contribution in [-0.4, -0.2) is 35.5 Å². The zero-order chi connectivity index (χ0) is 11.5. The number of halogens is 1. The molecule has 0 bridgehead atoms. The van der Waals surface area contributed by atoms with Gasteiger partial charge in [-0.3, -0.25) is 4.79 Å². The van der Waals surface area contributed by atoms with Crippen LogP contribution in [0.5, 0.6) is 0 Å². The number of amides is 1. The van der Waals surface area contributed by atoms with Gasteiger partial charge in [0.1, 0.15) is 0 Å². The van der Waals surface area contributed by atoms with Crippen LogP contribution in [0.2, 0.25) is 0 Å². The average molecular weight is 261 g/mol. The second kappa shape index (κ2) is 6.60. The fourth-order valence-corrected chi connectivity index (χ4v) is 3.17. The van der Waals surface area contributed by atoms with Crippen LogP contribution in [-0.2, 0) is 4.79 Å². The van der Waals surface area contributed by atoms with Crippen molar-refractivity contribution < 1.29 is 4.79 Å². The molecule has 4 heteroatoms. The standard InChI is InChI=1S/C13H24N2O.ClH/c1-3-12-7-6-10(2)15(12)13(16)9-11-5-4-8-14-11;/h10-12,14H,3-9H2,1-2H3;1H. The third-order valence-electron chi connectivity index (χ3n) is 4.13. The summed E-state index contributed by atoms with van der Waals surface area (Å²) in [7, 11) is 0. The zero-order valence-electron chi connectivity index (χ0n) is 10.9. The molecule has 0 radical (unpaired) electrons. The first kappa shape index (κ1) is 14.8. The first-order valence-corrected chi connectivity index (χ1v) is 6.77. The van der Waals surface area contributed by atoms with Crippen molar-refractivity contribution in [3.63, 3.8) is 0 Å². The summed E-state index contributed by atoms with van der Waals surface area (Å²) in [4.78, 5) is 14.4. The van der Waals surface area contributed by atoms with Gasteiger partial charge in [0.05, 0.1) is 0 Å². The minimum absolute atomic E-state index is 0. The van der Waals surface area contributed by atoms with Gasteiger partial charge in [0.2, 0.25) is 5.91 Å². The second-order valence-corrected chi connectivity index (χ2v) is 5.29. The number of carbonyl (C=O) groups is 1. The molecule has 3 nitrogen and oxygen atoms in total. The van der Waals surface area contributed by atoms with Crippen LogP contribution in [0.1, 0.15) is 52.4 Å². The lowest BCUT2D eigenvalue weighted by molar-refractivity contribution is -0.134. The highest BCUT2D eigenvalue weighted by atomic mass is 35.5. The van der Waals surface area contributed by atoms with Crippen molar-refractivity contribution in [2.45, 2.75) is 70.5 Å². The van der Waals surface area contributed by atoms with Crippen LogP contribution in [0.4, 0.5) is 0 Å². The van der Waals surface area contributed by atoms with Gasteiger partial charge in [0, 0.05) is 24.5 Å². The number of hydrogen-bond donors (Lipinski definition) is 1. The van der Waals surface area contributed by atoms with Crippen molar-refractivity contribution in [3.05, 3.63) is 0 Å². The summed E-state index contributed by atoms with van der Waals surface area (Å²) in [6.07, 6.45) is 6.59. The van der Waals surface area contributed by atoms with E-state index in [1.807, 2.05) is 0 Å². The van der Waals surface area contributed by atoms with E-state index in [2.05, 4.69) is 24.1 Å². The van der Waals surface area contributed by atoms with Gasteiger partial charge in [0.25, 0.3) is 0 Å². The molecule has 2 heterocycles. The monoisotopic (exact) mass is 260 g/mol. The lowest BCUT2D eigenvalue weighted by Gasteiger charge is -2.29. The molecule has 1 amide bonds. The van der Waals surface area contributed by atoms with E-state index in [1.54, 1.807) is 0 Å². The number of likely N-dealkylation sites (tertiary alicyclic amines) is 1. The third kappa shape index (κ3) is 3.35. The maximum absolute atomic E-state index is 12.3. The summed E-state index contributed by atoms with van der Waals surface area (Å²) in [6, 6.07) is 1.40. The lowest BCUT2D eigenvalue weighted by atomic mass is 10.1. The summed E-state index contributed by atoms with van der Waals surface area (Å²) in [5.74, 6) is 0.372. The van der Waals surface area contributed by atoms with Gasteiger partial charge in [-0.15, -0.1) is 12.4 Å². The molecule has 0 aromatic heterocycles. The maximum Gasteiger partial charge on any atom is 0.224 e. The summed E-state index contributed by atoms with van der Waals surface area (Å²) in [5, 5.41) is 3.41. The maximum atomic E-state index is 12.3. The molecule has 0 aliphatic carbocycles. The molecule has 100 valence electrons. The number of nitrogens with one attached hydrogen (secondary N) is 1. The minimum Gasteiger partial charge on any atom is -0.337 e. The molecule has 2 saturated heterocycles. The van der Waals surface area contributed by atoms with Crippen LogP contribution in [0.3, 0.4) is 0 Å². The first-order valence-electron chi connectivity index (χ1n) is 6.77. The molecule has 17 heavy (non-hydrogen) atoms. The van der Waals surface area contributed by atoms with E-state index in [0.717, 1.165) is 13.0 Å². The van der Waals surface area contributed by atoms with Crippen molar-refractivity contribution in [1.29, 1.82) is 0 Å². The molecule has 2 fully saturated rings. The van der Waals surface area contributed by atoms with Crippen molar-refractivity contribution in [2.24, 2.45) is 0 Å². The Labute approximate surface area is 111 Å². The van der Waals surface area contributed by atoms with Gasteiger partial charge in [-0.05, 0) is 45.6 Å². The Balaban J connectivity index is 0.00000144. The summed E-state index contributed by atoms with van der Waals surface area (Å²) < 4.78 is 0. The highest BCUT2D eigenvalue weighted by Gasteiger charge is 2.34. The first-order chi connectivity index (χ1) is 7.72. The van der Waals surface area contributed by atoms with Gasteiger partial charge in [-0.25, -0.2) is 0 Å². The van der Waals surface area contributed by atoms with Gasteiger partial charge in [0.15, 0.2) is 0 Å². The van der Waals surface area contributed by atoms with Crippen LogP contribution < -0.4 is 5.32 Å². The van der Waals surface area contributed by atoms with Crippen LogP contribution in [0, 0.1) is 0 Å². The predicted octanol–water partition coefficient (Wildman–Crippen LogP) is 2.34. The zero-order valence-corrected chi connectivity index (χ0v) is 11.8. The normalized spacial score (nSPS) is 32.6. The van der Waals surface area contributed by atoms with Crippen LogP contribution in [0.25, 0.3) is 0 Å². The number of rotatable bonds is 3. The summed E-state index contributed by atoms with van der Waals surface area (Å²) in [5.41, 5.74) is 0. The van der Waals surface area contributed by atoms with Crippen molar-refractivity contribution in [1.82, 2.24) is 10.2 Å². The van der Waals surface area contributed by atoms with E-state index in [0.29, 0.717) is 30.5 Å². The Morgan fingerprint density at radius 2 is 2.12 bits per heavy atom. The van der Waals surface area contributed by atoms with E-state index >= 15 is 0 Å². The van der Waals surface area contributed by atoms with E-state index < -0.39 is 0 Å². The summed E-state index contributed by atoms with van der Waals surface area (Å²) in [6.45, 7) is 5.47. The fourth-order valence-electron chi connectivity index (χ4n) is 3.17. The topological polar surface area (TPSA) is 32.3 Å². The molecule has 1 N–H and O–H groups in total. The average Bonchev–Trinajstić information content (AvgIpc) is 2.87. The number of carbonyl (C=O) groups excluding carboxylic acids is 1. The molecule has 0 saturated carbocycles. The van der Waals surface area contributed by atoms with E-state index in [1.165, 1.54) is 25.7 Å². The largest absolute Gasteiger partial charge is 0.337 e. The lowest BCUT2D eigenvalue weighted by Crippen LogP contribution is -2.42. The van der Waals surface area contributed by atoms with Crippen molar-refractivity contribution in [3.8, 4) is 0 Å². The summed E-state index contributed by atoms with van der Waals surface area (Å²) >= 11 is 0. The number of nitrogens with zero attached hydrogens (tertiary/aromatic N) is 1. The molecule has 0 aromatic carbocycles. The van der Waals surface area contributed by atoms with E-state index in [-0.39, 0.29) is 12.4 Å². The van der Waals surface area contributed by atoms with Gasteiger partial charge < -0.3 is 10.2 Å². The highest BCUT2D eigenvalue weighted by molar-refractivity contribution is 5.85. The second-order valence-electron chi connectivity index (χ2n) is 5.29. The highest BCUT2D eigenvalue weighted by Crippen LogP contribution is 2.27. The molecule has 2 rings (SSSR count). The SMILES string of the molecule is CCC1CCC(C)N1C(=O)CC1CCCN1.Cl. The Morgan fingerprint density at radius 3 is 2.71 bits per heavy atom. The molecule has 0 aromatic rings. The third-order valence-corrected chi connectivity index (χ3v) is 4.13. The Bertz CT molecular complexity index is 254. The Morgan fingerprint density at radius 1 is 1.35 bits per heavy atom. The van der Waals surface area contributed by atoms with Crippen molar-refractivity contribution >= 4 is 18.3 Å². The van der Waals surface area contributed by atoms with Gasteiger partial charge >= 0.3 is 0 Å². The van der Waals surface area contributed by atoms with Gasteiger partial charge in [-0.2, -0.15) is 0 Å².